The molecule has 5 nitrogen and oxygen atoms in total. The molecule has 1 aliphatic heterocycles. The molecule has 0 spiro atoms. The van der Waals surface area contributed by atoms with Gasteiger partial charge in [-0.05, 0) is 42.0 Å². The van der Waals surface area contributed by atoms with Crippen LogP contribution in [0.5, 0.6) is 0 Å². The molecule has 4 rings (SSSR count). The summed E-state index contributed by atoms with van der Waals surface area (Å²) in [5.74, 6) is -1.66. The summed E-state index contributed by atoms with van der Waals surface area (Å²) in [5.41, 5.74) is 1.81. The zero-order chi connectivity index (χ0) is 21.8. The standard InChI is InChI=1S/C24H21ClFN3O2/c25-22-10-2-1-9-19(22)24(31)29-14-20(16-6-5-7-17(26)12-16)21(15-29)23(30)28-13-18-8-3-4-11-27-18/h1-12,20-21H,13-15H2,(H,28,30). The highest BCUT2D eigenvalue weighted by molar-refractivity contribution is 6.33. The smallest absolute Gasteiger partial charge is 0.255 e. The minimum absolute atomic E-state index is 0.200. The molecular formula is C24H21ClFN3O2. The average molecular weight is 438 g/mol. The van der Waals surface area contributed by atoms with Crippen molar-refractivity contribution in [1.29, 1.82) is 0 Å². The van der Waals surface area contributed by atoms with Crippen molar-refractivity contribution in [3.8, 4) is 0 Å². The van der Waals surface area contributed by atoms with Crippen LogP contribution in [-0.2, 0) is 11.3 Å². The van der Waals surface area contributed by atoms with Crippen LogP contribution in [0.1, 0.15) is 27.5 Å². The number of rotatable bonds is 5. The summed E-state index contributed by atoms with van der Waals surface area (Å²) in [5, 5.41) is 3.27. The molecule has 1 N–H and O–H groups in total. The lowest BCUT2D eigenvalue weighted by atomic mass is 9.88. The van der Waals surface area contributed by atoms with E-state index in [1.165, 1.54) is 12.1 Å². The summed E-state index contributed by atoms with van der Waals surface area (Å²) >= 11 is 6.20. The minimum Gasteiger partial charge on any atom is -0.350 e. The molecule has 1 fully saturated rings. The number of carbonyl (C=O) groups excluding carboxylic acids is 2. The van der Waals surface area contributed by atoms with Crippen molar-refractivity contribution in [1.82, 2.24) is 15.2 Å². The van der Waals surface area contributed by atoms with E-state index in [4.69, 9.17) is 11.6 Å². The Balaban J connectivity index is 1.57. The van der Waals surface area contributed by atoms with Gasteiger partial charge in [-0.2, -0.15) is 0 Å². The van der Waals surface area contributed by atoms with E-state index in [0.29, 0.717) is 22.7 Å². The van der Waals surface area contributed by atoms with E-state index < -0.39 is 5.92 Å². The Morgan fingerprint density at radius 3 is 2.61 bits per heavy atom. The zero-order valence-corrected chi connectivity index (χ0v) is 17.4. The monoisotopic (exact) mass is 437 g/mol. The molecule has 0 saturated carbocycles. The van der Waals surface area contributed by atoms with Gasteiger partial charge >= 0.3 is 0 Å². The summed E-state index contributed by atoms with van der Waals surface area (Å²) in [7, 11) is 0. The second-order valence-electron chi connectivity index (χ2n) is 7.50. The fraction of sp³-hybridized carbons (Fsp3) is 0.208. The molecule has 0 aliphatic carbocycles. The normalized spacial score (nSPS) is 18.1. The first-order valence-corrected chi connectivity index (χ1v) is 10.4. The van der Waals surface area contributed by atoms with Crippen molar-refractivity contribution in [2.75, 3.05) is 13.1 Å². The number of halogens is 2. The van der Waals surface area contributed by atoms with Gasteiger partial charge in [-0.25, -0.2) is 4.39 Å². The SMILES string of the molecule is O=C(NCc1ccccn1)C1CN(C(=O)c2ccccc2Cl)CC1c1cccc(F)c1. The lowest BCUT2D eigenvalue weighted by Gasteiger charge is -2.18. The summed E-state index contributed by atoms with van der Waals surface area (Å²) < 4.78 is 13.9. The second-order valence-corrected chi connectivity index (χ2v) is 7.90. The Morgan fingerprint density at radius 1 is 1.06 bits per heavy atom. The molecule has 0 bridgehead atoms. The van der Waals surface area contributed by atoms with Crippen LogP contribution in [0.25, 0.3) is 0 Å². The van der Waals surface area contributed by atoms with Crippen LogP contribution in [0.2, 0.25) is 5.02 Å². The third kappa shape index (κ3) is 4.75. The maximum Gasteiger partial charge on any atom is 0.255 e. The number of hydrogen-bond acceptors (Lipinski definition) is 3. The number of hydrogen-bond donors (Lipinski definition) is 1. The third-order valence-corrected chi connectivity index (χ3v) is 5.82. The first kappa shape index (κ1) is 21.0. The lowest BCUT2D eigenvalue weighted by Crippen LogP contribution is -2.35. The predicted molar refractivity (Wildman–Crippen MR) is 116 cm³/mol. The highest BCUT2D eigenvalue weighted by atomic mass is 35.5. The van der Waals surface area contributed by atoms with Crippen LogP contribution in [0, 0.1) is 11.7 Å². The van der Waals surface area contributed by atoms with E-state index >= 15 is 0 Å². The number of benzene rings is 2. The summed E-state index contributed by atoms with van der Waals surface area (Å²) in [6.45, 7) is 0.805. The van der Waals surface area contributed by atoms with E-state index in [9.17, 15) is 14.0 Å². The van der Waals surface area contributed by atoms with E-state index in [2.05, 4.69) is 10.3 Å². The van der Waals surface area contributed by atoms with E-state index in [1.54, 1.807) is 53.6 Å². The Kier molecular flexibility index (Phi) is 6.28. The average Bonchev–Trinajstić information content (AvgIpc) is 3.24. The fourth-order valence-electron chi connectivity index (χ4n) is 3.93. The van der Waals surface area contributed by atoms with E-state index in [0.717, 1.165) is 5.69 Å². The highest BCUT2D eigenvalue weighted by Gasteiger charge is 2.41. The van der Waals surface area contributed by atoms with Crippen molar-refractivity contribution in [2.24, 2.45) is 5.92 Å². The van der Waals surface area contributed by atoms with Crippen LogP contribution in [-0.4, -0.2) is 34.8 Å². The van der Waals surface area contributed by atoms with Gasteiger partial charge in [0, 0.05) is 25.2 Å². The number of carbonyl (C=O) groups is 2. The maximum atomic E-state index is 13.9. The quantitative estimate of drug-likeness (QED) is 0.655. The molecule has 7 heteroatoms. The number of likely N-dealkylation sites (tertiary alicyclic amines) is 1. The van der Waals surface area contributed by atoms with Crippen molar-refractivity contribution >= 4 is 23.4 Å². The molecule has 1 saturated heterocycles. The summed E-state index contributed by atoms with van der Waals surface area (Å²) in [6, 6.07) is 18.5. The molecule has 2 aromatic carbocycles. The Labute approximate surface area is 184 Å². The number of pyridine rings is 1. The van der Waals surface area contributed by atoms with Crippen LogP contribution in [0.15, 0.2) is 72.9 Å². The Morgan fingerprint density at radius 2 is 1.87 bits per heavy atom. The maximum absolute atomic E-state index is 13.9. The molecular weight excluding hydrogens is 417 g/mol. The van der Waals surface area contributed by atoms with Crippen LogP contribution < -0.4 is 5.32 Å². The molecule has 1 aromatic heterocycles. The minimum atomic E-state index is -0.517. The van der Waals surface area contributed by atoms with Gasteiger partial charge in [-0.3, -0.25) is 14.6 Å². The van der Waals surface area contributed by atoms with Crippen molar-refractivity contribution in [2.45, 2.75) is 12.5 Å². The van der Waals surface area contributed by atoms with Crippen LogP contribution in [0.4, 0.5) is 4.39 Å². The zero-order valence-electron chi connectivity index (χ0n) is 16.7. The Hall–Kier alpha value is -3.25. The van der Waals surface area contributed by atoms with Gasteiger partial charge in [0.1, 0.15) is 5.82 Å². The van der Waals surface area contributed by atoms with Crippen molar-refractivity contribution < 1.29 is 14.0 Å². The molecule has 1 aliphatic rings. The fourth-order valence-corrected chi connectivity index (χ4v) is 4.14. The lowest BCUT2D eigenvalue weighted by molar-refractivity contribution is -0.125. The van der Waals surface area contributed by atoms with Gasteiger partial charge in [0.15, 0.2) is 0 Å². The number of amides is 2. The molecule has 2 atom stereocenters. The molecule has 158 valence electrons. The second kappa shape index (κ2) is 9.27. The molecule has 3 aromatic rings. The van der Waals surface area contributed by atoms with Crippen LogP contribution in [0.3, 0.4) is 0 Å². The van der Waals surface area contributed by atoms with Gasteiger partial charge in [-0.1, -0.05) is 41.9 Å². The van der Waals surface area contributed by atoms with Gasteiger partial charge in [0.25, 0.3) is 5.91 Å². The predicted octanol–water partition coefficient (Wildman–Crippen LogP) is 4.05. The molecule has 2 amide bonds. The first-order chi connectivity index (χ1) is 15.0. The van der Waals surface area contributed by atoms with Crippen molar-refractivity contribution in [3.05, 3.63) is 101 Å². The highest BCUT2D eigenvalue weighted by Crippen LogP contribution is 2.34. The molecule has 31 heavy (non-hydrogen) atoms. The molecule has 2 unspecified atom stereocenters. The molecule has 0 radical (unpaired) electrons. The van der Waals surface area contributed by atoms with E-state index in [-0.39, 0.29) is 36.6 Å². The molecule has 2 heterocycles. The largest absolute Gasteiger partial charge is 0.350 e. The van der Waals surface area contributed by atoms with Gasteiger partial charge < -0.3 is 10.2 Å². The summed E-state index contributed by atoms with van der Waals surface area (Å²) in [4.78, 5) is 32.0. The van der Waals surface area contributed by atoms with Crippen LogP contribution >= 0.6 is 11.6 Å². The number of aromatic nitrogens is 1. The third-order valence-electron chi connectivity index (χ3n) is 5.49. The van der Waals surface area contributed by atoms with Gasteiger partial charge in [-0.15, -0.1) is 0 Å². The number of nitrogens with zero attached hydrogens (tertiary/aromatic N) is 2. The summed E-state index contributed by atoms with van der Waals surface area (Å²) in [6.07, 6.45) is 1.66. The van der Waals surface area contributed by atoms with Gasteiger partial charge in [0.2, 0.25) is 5.91 Å². The van der Waals surface area contributed by atoms with Crippen molar-refractivity contribution in [3.63, 3.8) is 0 Å². The first-order valence-electron chi connectivity index (χ1n) is 10.00. The topological polar surface area (TPSA) is 62.3 Å². The van der Waals surface area contributed by atoms with E-state index in [1.807, 2.05) is 12.1 Å². The Bertz CT molecular complexity index is 1090. The van der Waals surface area contributed by atoms with Gasteiger partial charge in [0.05, 0.1) is 28.7 Å². The number of nitrogens with one attached hydrogen (secondary N) is 1.